The van der Waals surface area contributed by atoms with Gasteiger partial charge in [-0.2, -0.15) is 0 Å². The molecule has 0 atom stereocenters. The molecule has 0 unspecified atom stereocenters. The molecule has 3 nitrogen and oxygen atoms in total. The number of rotatable bonds is 3. The van der Waals surface area contributed by atoms with Crippen molar-refractivity contribution in [1.29, 1.82) is 0 Å². The van der Waals surface area contributed by atoms with Crippen molar-refractivity contribution in [3.63, 3.8) is 0 Å². The van der Waals surface area contributed by atoms with Crippen molar-refractivity contribution in [2.24, 2.45) is 11.5 Å². The Balaban J connectivity index is 2.80. The smallest absolute Gasteiger partial charge is 0.0530 e. The molecule has 4 N–H and O–H groups in total. The minimum absolute atomic E-state index is 0.406. The van der Waals surface area contributed by atoms with E-state index >= 15 is 0 Å². The van der Waals surface area contributed by atoms with Gasteiger partial charge in [-0.05, 0) is 25.5 Å². The highest BCUT2D eigenvalue weighted by atomic mass is 15.0. The lowest BCUT2D eigenvalue weighted by Gasteiger charge is -2.15. The van der Waals surface area contributed by atoms with Gasteiger partial charge in [-0.1, -0.05) is 18.2 Å². The molecule has 0 aliphatic rings. The molecule has 0 spiro atoms. The van der Waals surface area contributed by atoms with Crippen LogP contribution in [0.4, 0.5) is 0 Å². The molecule has 0 saturated heterocycles. The van der Waals surface area contributed by atoms with Crippen LogP contribution in [0.3, 0.4) is 0 Å². The molecule has 2 aromatic rings. The molecule has 1 aromatic heterocycles. The van der Waals surface area contributed by atoms with Gasteiger partial charge in [0.15, 0.2) is 0 Å². The van der Waals surface area contributed by atoms with Crippen molar-refractivity contribution in [2.45, 2.75) is 33.0 Å². The summed E-state index contributed by atoms with van der Waals surface area (Å²) in [5.41, 5.74) is 15.2. The van der Waals surface area contributed by atoms with Crippen molar-refractivity contribution in [1.82, 2.24) is 4.57 Å². The summed E-state index contributed by atoms with van der Waals surface area (Å²) in [6, 6.07) is 8.82. The summed E-state index contributed by atoms with van der Waals surface area (Å²) in [5, 5.41) is 1.23. The highest BCUT2D eigenvalue weighted by molar-refractivity contribution is 5.84. The minimum atomic E-state index is 0.406. The largest absolute Gasteiger partial charge is 0.341 e. The molecule has 2 rings (SSSR count). The first-order valence-corrected chi connectivity index (χ1v) is 5.71. The number of para-hydroxylation sites is 1. The van der Waals surface area contributed by atoms with Crippen molar-refractivity contribution in [3.05, 3.63) is 35.5 Å². The van der Waals surface area contributed by atoms with E-state index in [0.29, 0.717) is 19.1 Å². The summed E-state index contributed by atoms with van der Waals surface area (Å²) in [5.74, 6) is 0. The Morgan fingerprint density at radius 3 is 2.50 bits per heavy atom. The van der Waals surface area contributed by atoms with Gasteiger partial charge in [-0.3, -0.25) is 0 Å². The standard InChI is InChI=1S/C13H19N3/c1-9(2)16-12(8-15)6-10-4-3-5-11(7-14)13(10)16/h3-6,9H,7-8,14-15H2,1-2H3. The first-order valence-electron chi connectivity index (χ1n) is 5.71. The fourth-order valence-corrected chi connectivity index (χ4v) is 2.33. The van der Waals surface area contributed by atoms with Gasteiger partial charge in [-0.15, -0.1) is 0 Å². The van der Waals surface area contributed by atoms with Crippen LogP contribution in [0, 0.1) is 0 Å². The predicted octanol–water partition coefficient (Wildman–Crippen LogP) is 2.14. The van der Waals surface area contributed by atoms with Gasteiger partial charge in [0.05, 0.1) is 5.52 Å². The first-order chi connectivity index (χ1) is 7.69. The monoisotopic (exact) mass is 217 g/mol. The third-order valence-electron chi connectivity index (χ3n) is 2.97. The Labute approximate surface area is 96.0 Å². The number of hydrogen-bond donors (Lipinski definition) is 2. The second-order valence-electron chi connectivity index (χ2n) is 4.36. The molecule has 1 aromatic carbocycles. The van der Waals surface area contributed by atoms with Crippen LogP contribution in [-0.4, -0.2) is 4.57 Å². The van der Waals surface area contributed by atoms with E-state index in [4.69, 9.17) is 11.5 Å². The Morgan fingerprint density at radius 1 is 1.19 bits per heavy atom. The van der Waals surface area contributed by atoms with Crippen LogP contribution in [-0.2, 0) is 13.1 Å². The fourth-order valence-electron chi connectivity index (χ4n) is 2.33. The number of aromatic nitrogens is 1. The van der Waals surface area contributed by atoms with E-state index in [2.05, 4.69) is 42.7 Å². The van der Waals surface area contributed by atoms with Crippen LogP contribution in [0.1, 0.15) is 31.1 Å². The highest BCUT2D eigenvalue weighted by Crippen LogP contribution is 2.26. The van der Waals surface area contributed by atoms with Crippen LogP contribution in [0.25, 0.3) is 10.9 Å². The normalized spacial score (nSPS) is 11.6. The molecule has 0 aliphatic heterocycles. The Morgan fingerprint density at radius 2 is 1.94 bits per heavy atom. The number of hydrogen-bond acceptors (Lipinski definition) is 2. The molecule has 16 heavy (non-hydrogen) atoms. The molecule has 0 aliphatic carbocycles. The number of fused-ring (bicyclic) bond motifs is 1. The number of nitrogens with two attached hydrogens (primary N) is 2. The zero-order valence-corrected chi connectivity index (χ0v) is 9.90. The van der Waals surface area contributed by atoms with Crippen LogP contribution >= 0.6 is 0 Å². The van der Waals surface area contributed by atoms with Gasteiger partial charge in [0.2, 0.25) is 0 Å². The average molecular weight is 217 g/mol. The summed E-state index contributed by atoms with van der Waals surface area (Å²) in [6.45, 7) is 5.48. The topological polar surface area (TPSA) is 57.0 Å². The molecule has 0 amide bonds. The van der Waals surface area contributed by atoms with Gasteiger partial charge in [0.1, 0.15) is 0 Å². The molecule has 1 heterocycles. The quantitative estimate of drug-likeness (QED) is 0.827. The maximum atomic E-state index is 5.79. The van der Waals surface area contributed by atoms with Crippen molar-refractivity contribution >= 4 is 10.9 Å². The third-order valence-corrected chi connectivity index (χ3v) is 2.97. The van der Waals surface area contributed by atoms with E-state index in [0.717, 1.165) is 0 Å². The summed E-state index contributed by atoms with van der Waals surface area (Å²) in [4.78, 5) is 0. The van der Waals surface area contributed by atoms with E-state index in [1.165, 1.54) is 22.2 Å². The van der Waals surface area contributed by atoms with Gasteiger partial charge in [0, 0.05) is 30.2 Å². The van der Waals surface area contributed by atoms with E-state index < -0.39 is 0 Å². The van der Waals surface area contributed by atoms with Crippen molar-refractivity contribution in [2.75, 3.05) is 0 Å². The Hall–Kier alpha value is -1.32. The van der Waals surface area contributed by atoms with Crippen molar-refractivity contribution < 1.29 is 0 Å². The van der Waals surface area contributed by atoms with Gasteiger partial charge in [0.25, 0.3) is 0 Å². The summed E-state index contributed by atoms with van der Waals surface area (Å²) in [6.07, 6.45) is 0. The Bertz CT molecular complexity index is 497. The average Bonchev–Trinajstić information content (AvgIpc) is 2.66. The molecule has 0 radical (unpaired) electrons. The molecule has 86 valence electrons. The van der Waals surface area contributed by atoms with E-state index in [-0.39, 0.29) is 0 Å². The molecular weight excluding hydrogens is 198 g/mol. The molecule has 0 bridgehead atoms. The maximum Gasteiger partial charge on any atom is 0.0530 e. The third kappa shape index (κ3) is 1.62. The lowest BCUT2D eigenvalue weighted by atomic mass is 10.1. The van der Waals surface area contributed by atoms with Gasteiger partial charge >= 0.3 is 0 Å². The van der Waals surface area contributed by atoms with Crippen LogP contribution in [0.15, 0.2) is 24.3 Å². The zero-order valence-electron chi connectivity index (χ0n) is 9.90. The van der Waals surface area contributed by atoms with E-state index in [1.807, 2.05) is 0 Å². The summed E-state index contributed by atoms with van der Waals surface area (Å²) < 4.78 is 2.29. The van der Waals surface area contributed by atoms with Crippen LogP contribution < -0.4 is 11.5 Å². The number of benzene rings is 1. The zero-order chi connectivity index (χ0) is 11.7. The second kappa shape index (κ2) is 4.28. The number of nitrogens with zero attached hydrogens (tertiary/aromatic N) is 1. The first kappa shape index (κ1) is 11.2. The predicted molar refractivity (Wildman–Crippen MR) is 68.1 cm³/mol. The fraction of sp³-hybridized carbons (Fsp3) is 0.385. The van der Waals surface area contributed by atoms with Gasteiger partial charge in [-0.25, -0.2) is 0 Å². The maximum absolute atomic E-state index is 5.79. The summed E-state index contributed by atoms with van der Waals surface area (Å²) >= 11 is 0. The van der Waals surface area contributed by atoms with Crippen LogP contribution in [0.2, 0.25) is 0 Å². The van der Waals surface area contributed by atoms with Crippen LogP contribution in [0.5, 0.6) is 0 Å². The van der Waals surface area contributed by atoms with Crippen molar-refractivity contribution in [3.8, 4) is 0 Å². The Kier molecular flexibility index (Phi) is 2.99. The lowest BCUT2D eigenvalue weighted by molar-refractivity contribution is 0.593. The molecule has 0 saturated carbocycles. The van der Waals surface area contributed by atoms with E-state index in [1.54, 1.807) is 0 Å². The van der Waals surface area contributed by atoms with Gasteiger partial charge < -0.3 is 16.0 Å². The minimum Gasteiger partial charge on any atom is -0.341 e. The molecular formula is C13H19N3. The highest BCUT2D eigenvalue weighted by Gasteiger charge is 2.12. The second-order valence-corrected chi connectivity index (χ2v) is 4.36. The summed E-state index contributed by atoms with van der Waals surface area (Å²) in [7, 11) is 0. The lowest BCUT2D eigenvalue weighted by Crippen LogP contribution is -2.10. The molecule has 3 heteroatoms. The van der Waals surface area contributed by atoms with E-state index in [9.17, 15) is 0 Å². The SMILES string of the molecule is CC(C)n1c(CN)cc2cccc(CN)c21. The molecule has 0 fully saturated rings.